The lowest BCUT2D eigenvalue weighted by Crippen LogP contribution is -2.02. The van der Waals surface area contributed by atoms with Crippen molar-refractivity contribution in [1.29, 1.82) is 0 Å². The number of unbranched alkanes of at least 4 members (excludes halogenated alkanes) is 1. The van der Waals surface area contributed by atoms with Crippen LogP contribution in [-0.4, -0.2) is 14.4 Å². The molecule has 0 amide bonds. The van der Waals surface area contributed by atoms with Gasteiger partial charge in [0.15, 0.2) is 0 Å². The number of fused-ring (bicyclic) bond motifs is 5. The van der Waals surface area contributed by atoms with Gasteiger partial charge in [-0.15, -0.1) is 0 Å². The smallest absolute Gasteiger partial charge is 0.148 e. The Morgan fingerprint density at radius 3 is 2.52 bits per heavy atom. The number of para-hydroxylation sites is 3. The number of imidazole rings is 1. The van der Waals surface area contributed by atoms with E-state index in [1.54, 1.807) is 0 Å². The molecule has 4 aromatic rings. The van der Waals surface area contributed by atoms with E-state index in [1.807, 2.05) is 12.1 Å². The lowest BCUT2D eigenvalue weighted by Gasteiger charge is -2.08. The van der Waals surface area contributed by atoms with Crippen LogP contribution in [0.5, 0.6) is 0 Å². The van der Waals surface area contributed by atoms with E-state index in [4.69, 9.17) is 9.97 Å². The van der Waals surface area contributed by atoms with Crippen molar-refractivity contribution in [1.82, 2.24) is 14.4 Å². The summed E-state index contributed by atoms with van der Waals surface area (Å²) in [6.07, 6.45) is 3.30. The average Bonchev–Trinajstić information content (AvgIpc) is 2.92. The molecule has 0 bridgehead atoms. The summed E-state index contributed by atoms with van der Waals surface area (Å²) in [5.41, 5.74) is 4.24. The van der Waals surface area contributed by atoms with Crippen molar-refractivity contribution >= 4 is 27.6 Å². The van der Waals surface area contributed by atoms with Gasteiger partial charge in [-0.1, -0.05) is 37.6 Å². The van der Waals surface area contributed by atoms with Crippen LogP contribution in [0.3, 0.4) is 0 Å². The molecular formula is C18H17N3. The second-order valence-corrected chi connectivity index (χ2v) is 5.41. The van der Waals surface area contributed by atoms with Crippen molar-refractivity contribution in [2.24, 2.45) is 0 Å². The molecule has 0 atom stereocenters. The molecule has 0 spiro atoms. The largest absolute Gasteiger partial charge is 0.280 e. The third-order valence-corrected chi connectivity index (χ3v) is 3.97. The van der Waals surface area contributed by atoms with Gasteiger partial charge in [0.2, 0.25) is 0 Å². The van der Waals surface area contributed by atoms with Crippen molar-refractivity contribution in [3.8, 4) is 0 Å². The van der Waals surface area contributed by atoms with E-state index in [9.17, 15) is 0 Å². The number of hydrogen-bond donors (Lipinski definition) is 0. The first-order valence-electron chi connectivity index (χ1n) is 7.53. The Hall–Kier alpha value is -2.42. The molecule has 0 fully saturated rings. The lowest BCUT2D eigenvalue weighted by atomic mass is 10.2. The van der Waals surface area contributed by atoms with Crippen molar-refractivity contribution in [3.63, 3.8) is 0 Å². The Morgan fingerprint density at radius 1 is 0.905 bits per heavy atom. The standard InChI is InChI=1S/C18H17N3/c1-2-3-12-17-19-14-9-5-4-8-13(14)18-20-15-10-6-7-11-16(15)21(17)18/h4-11H,2-3,12H2,1H3. The maximum absolute atomic E-state index is 4.89. The summed E-state index contributed by atoms with van der Waals surface area (Å²) in [6, 6.07) is 16.6. The number of hydrogen-bond acceptors (Lipinski definition) is 2. The first-order valence-corrected chi connectivity index (χ1v) is 7.53. The van der Waals surface area contributed by atoms with Gasteiger partial charge in [0.25, 0.3) is 0 Å². The lowest BCUT2D eigenvalue weighted by molar-refractivity contribution is 0.749. The van der Waals surface area contributed by atoms with Gasteiger partial charge in [-0.3, -0.25) is 4.40 Å². The maximum atomic E-state index is 4.89. The van der Waals surface area contributed by atoms with E-state index in [2.05, 4.69) is 47.7 Å². The van der Waals surface area contributed by atoms with Crippen LogP contribution in [-0.2, 0) is 6.42 Å². The molecule has 3 heteroatoms. The van der Waals surface area contributed by atoms with Crippen LogP contribution in [0.1, 0.15) is 25.6 Å². The summed E-state index contributed by atoms with van der Waals surface area (Å²) in [6.45, 7) is 2.21. The minimum absolute atomic E-state index is 0.984. The summed E-state index contributed by atoms with van der Waals surface area (Å²) in [5.74, 6) is 1.11. The topological polar surface area (TPSA) is 30.2 Å². The molecular weight excluding hydrogens is 258 g/mol. The third kappa shape index (κ3) is 1.88. The maximum Gasteiger partial charge on any atom is 0.148 e. The summed E-state index contributed by atoms with van der Waals surface area (Å²) in [4.78, 5) is 9.72. The molecule has 0 aliphatic carbocycles. The molecule has 0 N–H and O–H groups in total. The van der Waals surface area contributed by atoms with E-state index >= 15 is 0 Å². The second kappa shape index (κ2) is 4.85. The highest BCUT2D eigenvalue weighted by molar-refractivity contribution is 5.96. The summed E-state index contributed by atoms with van der Waals surface area (Å²) in [7, 11) is 0. The summed E-state index contributed by atoms with van der Waals surface area (Å²) >= 11 is 0. The highest BCUT2D eigenvalue weighted by Crippen LogP contribution is 2.25. The summed E-state index contributed by atoms with van der Waals surface area (Å²) in [5, 5.41) is 1.12. The van der Waals surface area contributed by atoms with Gasteiger partial charge in [0.1, 0.15) is 11.5 Å². The molecule has 0 unspecified atom stereocenters. The molecule has 0 saturated heterocycles. The Labute approximate surface area is 123 Å². The molecule has 0 aliphatic heterocycles. The quantitative estimate of drug-likeness (QED) is 0.555. The van der Waals surface area contributed by atoms with E-state index in [0.29, 0.717) is 0 Å². The number of aromatic nitrogens is 3. The molecule has 4 rings (SSSR count). The third-order valence-electron chi connectivity index (χ3n) is 3.97. The van der Waals surface area contributed by atoms with Gasteiger partial charge >= 0.3 is 0 Å². The predicted octanol–water partition coefficient (Wildman–Crippen LogP) is 4.38. The van der Waals surface area contributed by atoms with Crippen LogP contribution < -0.4 is 0 Å². The number of aryl methyl sites for hydroxylation is 1. The van der Waals surface area contributed by atoms with Crippen LogP contribution in [0.15, 0.2) is 48.5 Å². The Bertz CT molecular complexity index is 937. The highest BCUT2D eigenvalue weighted by Gasteiger charge is 2.12. The van der Waals surface area contributed by atoms with Crippen molar-refractivity contribution in [2.75, 3.05) is 0 Å². The van der Waals surface area contributed by atoms with Crippen LogP contribution in [0.4, 0.5) is 0 Å². The first-order chi connectivity index (χ1) is 10.4. The van der Waals surface area contributed by atoms with Crippen LogP contribution >= 0.6 is 0 Å². The Kier molecular flexibility index (Phi) is 2.85. The normalized spacial score (nSPS) is 11.7. The van der Waals surface area contributed by atoms with Gasteiger partial charge in [0, 0.05) is 11.8 Å². The van der Waals surface area contributed by atoms with Crippen LogP contribution in [0.25, 0.3) is 27.6 Å². The zero-order valence-corrected chi connectivity index (χ0v) is 12.1. The minimum atomic E-state index is 0.984. The molecule has 2 aromatic heterocycles. The van der Waals surface area contributed by atoms with Crippen molar-refractivity contribution in [3.05, 3.63) is 54.4 Å². The van der Waals surface area contributed by atoms with Gasteiger partial charge in [-0.25, -0.2) is 9.97 Å². The fourth-order valence-electron chi connectivity index (χ4n) is 2.92. The molecule has 0 radical (unpaired) electrons. The van der Waals surface area contributed by atoms with Gasteiger partial charge in [-0.05, 0) is 30.7 Å². The molecule has 3 nitrogen and oxygen atoms in total. The van der Waals surface area contributed by atoms with E-state index in [1.165, 1.54) is 6.42 Å². The van der Waals surface area contributed by atoms with Gasteiger partial charge in [-0.2, -0.15) is 0 Å². The minimum Gasteiger partial charge on any atom is -0.280 e. The fraction of sp³-hybridized carbons (Fsp3) is 0.222. The van der Waals surface area contributed by atoms with E-state index in [-0.39, 0.29) is 0 Å². The SMILES string of the molecule is CCCCc1nc2ccccc2c2nc3ccccc3n12. The van der Waals surface area contributed by atoms with Crippen LogP contribution in [0, 0.1) is 0 Å². The molecule has 0 aliphatic rings. The van der Waals surface area contributed by atoms with E-state index in [0.717, 1.165) is 46.2 Å². The first kappa shape index (κ1) is 12.3. The Balaban J connectivity index is 2.16. The zero-order valence-electron chi connectivity index (χ0n) is 12.1. The number of rotatable bonds is 3. The highest BCUT2D eigenvalue weighted by atomic mass is 15.1. The molecule has 21 heavy (non-hydrogen) atoms. The van der Waals surface area contributed by atoms with Gasteiger partial charge in [0.05, 0.1) is 16.6 Å². The zero-order chi connectivity index (χ0) is 14.2. The Morgan fingerprint density at radius 2 is 1.67 bits per heavy atom. The van der Waals surface area contributed by atoms with Crippen LogP contribution in [0.2, 0.25) is 0 Å². The second-order valence-electron chi connectivity index (χ2n) is 5.41. The number of nitrogens with zero attached hydrogens (tertiary/aromatic N) is 3. The summed E-state index contributed by atoms with van der Waals surface area (Å²) < 4.78 is 2.23. The number of benzene rings is 2. The molecule has 2 aromatic carbocycles. The van der Waals surface area contributed by atoms with E-state index < -0.39 is 0 Å². The molecule has 104 valence electrons. The monoisotopic (exact) mass is 275 g/mol. The van der Waals surface area contributed by atoms with Gasteiger partial charge < -0.3 is 0 Å². The average molecular weight is 275 g/mol. The predicted molar refractivity (Wildman–Crippen MR) is 86.6 cm³/mol. The van der Waals surface area contributed by atoms with Crippen molar-refractivity contribution < 1.29 is 0 Å². The van der Waals surface area contributed by atoms with Crippen molar-refractivity contribution in [2.45, 2.75) is 26.2 Å². The molecule has 2 heterocycles. The fourth-order valence-corrected chi connectivity index (χ4v) is 2.92. The molecule has 0 saturated carbocycles.